The van der Waals surface area contributed by atoms with Crippen LogP contribution in [0.1, 0.15) is 21.5 Å². The molecule has 0 saturated heterocycles. The SMILES string of the molecule is N#Cc1ccccc1NC(=O)c1c[nH]c2cc(C(F)(F)F)ccc2c1=O. The Balaban J connectivity index is 2.01. The van der Waals surface area contributed by atoms with Gasteiger partial charge in [0.25, 0.3) is 5.91 Å². The lowest BCUT2D eigenvalue weighted by Gasteiger charge is -2.09. The largest absolute Gasteiger partial charge is 0.416 e. The highest BCUT2D eigenvalue weighted by atomic mass is 19.4. The van der Waals surface area contributed by atoms with Gasteiger partial charge in [-0.05, 0) is 30.3 Å². The minimum Gasteiger partial charge on any atom is -0.360 e. The second kappa shape index (κ2) is 6.37. The van der Waals surface area contributed by atoms with E-state index in [1.54, 1.807) is 12.1 Å². The number of fused-ring (bicyclic) bond motifs is 1. The molecule has 0 spiro atoms. The Morgan fingerprint density at radius 2 is 1.88 bits per heavy atom. The topological polar surface area (TPSA) is 85.8 Å². The van der Waals surface area contributed by atoms with Crippen molar-refractivity contribution in [2.45, 2.75) is 6.18 Å². The predicted octanol–water partition coefficient (Wildman–Crippen LogP) is 3.67. The molecule has 3 aromatic rings. The Hall–Kier alpha value is -3.60. The first-order valence-electron chi connectivity index (χ1n) is 7.34. The highest BCUT2D eigenvalue weighted by Crippen LogP contribution is 2.30. The highest BCUT2D eigenvalue weighted by molar-refractivity contribution is 6.06. The normalized spacial score (nSPS) is 11.2. The van der Waals surface area contributed by atoms with Crippen molar-refractivity contribution in [2.75, 3.05) is 5.32 Å². The van der Waals surface area contributed by atoms with E-state index in [1.165, 1.54) is 12.1 Å². The van der Waals surface area contributed by atoms with Crippen LogP contribution in [0.15, 0.2) is 53.5 Å². The molecule has 0 saturated carbocycles. The van der Waals surface area contributed by atoms with Crippen molar-refractivity contribution >= 4 is 22.5 Å². The number of alkyl halides is 3. The van der Waals surface area contributed by atoms with E-state index in [0.29, 0.717) is 0 Å². The van der Waals surface area contributed by atoms with Crippen molar-refractivity contribution in [3.8, 4) is 6.07 Å². The molecule has 0 aliphatic carbocycles. The van der Waals surface area contributed by atoms with E-state index < -0.39 is 23.1 Å². The van der Waals surface area contributed by atoms with E-state index in [2.05, 4.69) is 10.3 Å². The molecule has 0 radical (unpaired) electrons. The third-order valence-electron chi connectivity index (χ3n) is 3.75. The molecule has 130 valence electrons. The number of aromatic amines is 1. The van der Waals surface area contributed by atoms with Crippen LogP contribution in [0, 0.1) is 11.3 Å². The Morgan fingerprint density at radius 1 is 1.15 bits per heavy atom. The van der Waals surface area contributed by atoms with Gasteiger partial charge in [0, 0.05) is 17.1 Å². The van der Waals surface area contributed by atoms with Crippen molar-refractivity contribution < 1.29 is 18.0 Å². The molecule has 0 aliphatic rings. The third-order valence-corrected chi connectivity index (χ3v) is 3.75. The van der Waals surface area contributed by atoms with Crippen molar-refractivity contribution in [1.29, 1.82) is 5.26 Å². The number of aromatic nitrogens is 1. The average Bonchev–Trinajstić information content (AvgIpc) is 2.61. The second-order valence-electron chi connectivity index (χ2n) is 5.40. The Labute approximate surface area is 144 Å². The van der Waals surface area contributed by atoms with Gasteiger partial charge in [0.05, 0.1) is 16.8 Å². The molecule has 2 N–H and O–H groups in total. The average molecular weight is 357 g/mol. The van der Waals surface area contributed by atoms with Crippen LogP contribution in [0.25, 0.3) is 10.9 Å². The number of nitrogens with one attached hydrogen (secondary N) is 2. The van der Waals surface area contributed by atoms with Gasteiger partial charge in [-0.1, -0.05) is 12.1 Å². The minimum absolute atomic E-state index is 0.0289. The molecule has 8 heteroatoms. The summed E-state index contributed by atoms with van der Waals surface area (Å²) in [5.41, 5.74) is -1.47. The molecule has 26 heavy (non-hydrogen) atoms. The molecule has 2 aromatic carbocycles. The zero-order valence-electron chi connectivity index (χ0n) is 13.0. The van der Waals surface area contributed by atoms with Crippen LogP contribution < -0.4 is 10.7 Å². The number of benzene rings is 2. The number of halogens is 3. The van der Waals surface area contributed by atoms with E-state index in [1.807, 2.05) is 6.07 Å². The van der Waals surface area contributed by atoms with Crippen molar-refractivity contribution in [1.82, 2.24) is 4.98 Å². The molecular formula is C18H10F3N3O2. The second-order valence-corrected chi connectivity index (χ2v) is 5.40. The molecule has 0 bridgehead atoms. The number of nitriles is 1. The summed E-state index contributed by atoms with van der Waals surface area (Å²) >= 11 is 0. The number of carbonyl (C=O) groups excluding carboxylic acids is 1. The third kappa shape index (κ3) is 3.15. The summed E-state index contributed by atoms with van der Waals surface area (Å²) in [5, 5.41) is 11.4. The van der Waals surface area contributed by atoms with Crippen molar-refractivity contribution in [2.24, 2.45) is 0 Å². The number of amides is 1. The standard InChI is InChI=1S/C18H10F3N3O2/c19-18(20,21)11-5-6-12-15(7-11)23-9-13(16(12)25)17(26)24-14-4-2-1-3-10(14)8-22/h1-7,9H,(H,23,25)(H,24,26). The number of rotatable bonds is 2. The predicted molar refractivity (Wildman–Crippen MR) is 88.7 cm³/mol. The van der Waals surface area contributed by atoms with Crippen LogP contribution in [-0.2, 0) is 6.18 Å². The van der Waals surface area contributed by atoms with E-state index >= 15 is 0 Å². The maximum absolute atomic E-state index is 12.8. The van der Waals surface area contributed by atoms with Crippen molar-refractivity contribution in [3.05, 3.63) is 75.6 Å². The van der Waals surface area contributed by atoms with Crippen LogP contribution in [0.3, 0.4) is 0 Å². The quantitative estimate of drug-likeness (QED) is 0.734. The van der Waals surface area contributed by atoms with Crippen LogP contribution >= 0.6 is 0 Å². The molecule has 1 amide bonds. The van der Waals surface area contributed by atoms with E-state index in [9.17, 15) is 22.8 Å². The van der Waals surface area contributed by atoms with Gasteiger partial charge < -0.3 is 10.3 Å². The monoisotopic (exact) mass is 357 g/mol. The molecule has 0 unspecified atom stereocenters. The summed E-state index contributed by atoms with van der Waals surface area (Å²) in [5.74, 6) is -0.768. The summed E-state index contributed by atoms with van der Waals surface area (Å²) in [6, 6.07) is 10.8. The number of hydrogen-bond acceptors (Lipinski definition) is 3. The Kier molecular flexibility index (Phi) is 4.22. The molecule has 0 atom stereocenters. The van der Waals surface area contributed by atoms with Gasteiger partial charge in [0.1, 0.15) is 11.6 Å². The van der Waals surface area contributed by atoms with Crippen LogP contribution in [-0.4, -0.2) is 10.9 Å². The number of carbonyl (C=O) groups is 1. The van der Waals surface area contributed by atoms with Gasteiger partial charge in [-0.2, -0.15) is 18.4 Å². The summed E-state index contributed by atoms with van der Waals surface area (Å²) < 4.78 is 38.3. The maximum atomic E-state index is 12.8. The summed E-state index contributed by atoms with van der Waals surface area (Å²) in [4.78, 5) is 27.3. The fraction of sp³-hybridized carbons (Fsp3) is 0.0556. The van der Waals surface area contributed by atoms with E-state index in [4.69, 9.17) is 5.26 Å². The molecule has 5 nitrogen and oxygen atoms in total. The van der Waals surface area contributed by atoms with Gasteiger partial charge in [-0.25, -0.2) is 0 Å². The molecule has 3 rings (SSSR count). The first-order valence-corrected chi connectivity index (χ1v) is 7.34. The van der Waals surface area contributed by atoms with Crippen LogP contribution in [0.5, 0.6) is 0 Å². The van der Waals surface area contributed by atoms with Crippen LogP contribution in [0.4, 0.5) is 18.9 Å². The Bertz CT molecular complexity index is 1110. The lowest BCUT2D eigenvalue weighted by molar-refractivity contribution is -0.137. The molecular weight excluding hydrogens is 347 g/mol. The molecule has 1 heterocycles. The molecule has 0 fully saturated rings. The molecule has 1 aromatic heterocycles. The zero-order chi connectivity index (χ0) is 18.9. The summed E-state index contributed by atoms with van der Waals surface area (Å²) in [6.45, 7) is 0. The van der Waals surface area contributed by atoms with Gasteiger partial charge in [0.15, 0.2) is 0 Å². The smallest absolute Gasteiger partial charge is 0.360 e. The summed E-state index contributed by atoms with van der Waals surface area (Å²) in [6.07, 6.45) is -3.49. The lowest BCUT2D eigenvalue weighted by atomic mass is 10.1. The fourth-order valence-electron chi connectivity index (χ4n) is 2.45. The van der Waals surface area contributed by atoms with Gasteiger partial charge in [-0.3, -0.25) is 9.59 Å². The minimum atomic E-state index is -4.54. The lowest BCUT2D eigenvalue weighted by Crippen LogP contribution is -2.22. The van der Waals surface area contributed by atoms with Gasteiger partial charge in [-0.15, -0.1) is 0 Å². The highest BCUT2D eigenvalue weighted by Gasteiger charge is 2.30. The van der Waals surface area contributed by atoms with Gasteiger partial charge in [0.2, 0.25) is 5.43 Å². The van der Waals surface area contributed by atoms with E-state index in [-0.39, 0.29) is 27.7 Å². The fourth-order valence-corrected chi connectivity index (χ4v) is 2.45. The first-order chi connectivity index (χ1) is 12.3. The Morgan fingerprint density at radius 3 is 2.58 bits per heavy atom. The zero-order valence-corrected chi connectivity index (χ0v) is 13.0. The first kappa shape index (κ1) is 17.2. The van der Waals surface area contributed by atoms with Gasteiger partial charge >= 0.3 is 6.18 Å². The van der Waals surface area contributed by atoms with Crippen molar-refractivity contribution in [3.63, 3.8) is 0 Å². The number of nitrogens with zero attached hydrogens (tertiary/aromatic N) is 1. The number of H-pyrrole nitrogens is 1. The number of hydrogen-bond donors (Lipinski definition) is 2. The molecule has 0 aliphatic heterocycles. The summed E-state index contributed by atoms with van der Waals surface area (Å²) in [7, 11) is 0. The number of anilines is 1. The number of para-hydroxylation sites is 1. The van der Waals surface area contributed by atoms with E-state index in [0.717, 1.165) is 24.4 Å². The van der Waals surface area contributed by atoms with Crippen LogP contribution in [0.2, 0.25) is 0 Å². The number of pyridine rings is 1. The maximum Gasteiger partial charge on any atom is 0.416 e.